The summed E-state index contributed by atoms with van der Waals surface area (Å²) in [6.07, 6.45) is 3.21. The molecule has 0 unspecified atom stereocenters. The Hall–Kier alpha value is -1.85. The van der Waals surface area contributed by atoms with Crippen LogP contribution in [0.5, 0.6) is 0 Å². The minimum Gasteiger partial charge on any atom is -0.481 e. The first kappa shape index (κ1) is 16.2. The van der Waals surface area contributed by atoms with E-state index in [4.69, 9.17) is 9.63 Å². The normalized spacial score (nSPS) is 10.8. The maximum atomic E-state index is 11.8. The molecule has 0 fully saturated rings. The van der Waals surface area contributed by atoms with Crippen molar-refractivity contribution in [3.8, 4) is 0 Å². The number of hydrogen-bond donors (Lipinski definition) is 2. The van der Waals surface area contributed by atoms with Crippen LogP contribution in [0.1, 0.15) is 68.1 Å². The monoisotopic (exact) mass is 282 g/mol. The average molecular weight is 282 g/mol. The van der Waals surface area contributed by atoms with Gasteiger partial charge < -0.3 is 14.9 Å². The topological polar surface area (TPSA) is 92.4 Å². The number of rotatable bonds is 9. The van der Waals surface area contributed by atoms with Gasteiger partial charge in [-0.1, -0.05) is 19.0 Å². The van der Waals surface area contributed by atoms with Crippen molar-refractivity contribution < 1.29 is 19.2 Å². The van der Waals surface area contributed by atoms with Gasteiger partial charge in [-0.3, -0.25) is 9.59 Å². The van der Waals surface area contributed by atoms with Gasteiger partial charge >= 0.3 is 5.97 Å². The molecule has 0 spiro atoms. The Labute approximate surface area is 118 Å². The maximum absolute atomic E-state index is 11.8. The van der Waals surface area contributed by atoms with Crippen LogP contribution in [0.3, 0.4) is 0 Å². The van der Waals surface area contributed by atoms with E-state index in [9.17, 15) is 9.59 Å². The highest BCUT2D eigenvalue weighted by molar-refractivity contribution is 5.91. The molecule has 0 bridgehead atoms. The summed E-state index contributed by atoms with van der Waals surface area (Å²) in [7, 11) is 0. The van der Waals surface area contributed by atoms with E-state index < -0.39 is 5.97 Å². The Bertz CT molecular complexity index is 438. The number of carboxylic acid groups (broad SMARTS) is 1. The molecule has 0 atom stereocenters. The number of aromatic nitrogens is 1. The highest BCUT2D eigenvalue weighted by Gasteiger charge is 2.17. The van der Waals surface area contributed by atoms with Crippen molar-refractivity contribution in [1.82, 2.24) is 10.5 Å². The van der Waals surface area contributed by atoms with Crippen molar-refractivity contribution in [2.75, 3.05) is 6.54 Å². The predicted octanol–water partition coefficient (Wildman–Crippen LogP) is 2.56. The summed E-state index contributed by atoms with van der Waals surface area (Å²) in [4.78, 5) is 22.1. The summed E-state index contributed by atoms with van der Waals surface area (Å²) in [6.45, 7) is 4.59. The quantitative estimate of drug-likeness (QED) is 0.679. The summed E-state index contributed by atoms with van der Waals surface area (Å²) in [5.74, 6) is -0.590. The Balaban J connectivity index is 2.38. The number of carbonyl (C=O) groups excluding carboxylic acids is 1. The van der Waals surface area contributed by atoms with Gasteiger partial charge in [-0.2, -0.15) is 0 Å². The van der Waals surface area contributed by atoms with E-state index in [1.54, 1.807) is 6.07 Å². The van der Waals surface area contributed by atoms with E-state index in [1.165, 1.54) is 0 Å². The summed E-state index contributed by atoms with van der Waals surface area (Å²) < 4.78 is 5.05. The van der Waals surface area contributed by atoms with Crippen LogP contribution in [-0.4, -0.2) is 28.7 Å². The van der Waals surface area contributed by atoms with E-state index in [0.717, 1.165) is 18.5 Å². The van der Waals surface area contributed by atoms with E-state index in [-0.39, 0.29) is 18.1 Å². The molecule has 1 heterocycles. The average Bonchev–Trinajstić information content (AvgIpc) is 2.89. The van der Waals surface area contributed by atoms with Gasteiger partial charge in [-0.15, -0.1) is 0 Å². The lowest BCUT2D eigenvalue weighted by molar-refractivity contribution is -0.137. The third kappa shape index (κ3) is 5.03. The number of carboxylic acids is 1. The minimum absolute atomic E-state index is 0.122. The standard InChI is InChI=1S/C14H22N2O4/c1-3-10(4-2)11-9-12(20-16-11)14(19)15-8-6-5-7-13(17)18/h9-10H,3-8H2,1-2H3,(H,15,19)(H,17,18). The van der Waals surface area contributed by atoms with Crippen molar-refractivity contribution in [3.63, 3.8) is 0 Å². The number of amides is 1. The van der Waals surface area contributed by atoms with Crippen LogP contribution in [-0.2, 0) is 4.79 Å². The lowest BCUT2D eigenvalue weighted by Crippen LogP contribution is -2.24. The molecule has 0 aliphatic heterocycles. The van der Waals surface area contributed by atoms with Crippen molar-refractivity contribution >= 4 is 11.9 Å². The summed E-state index contributed by atoms with van der Waals surface area (Å²) >= 11 is 0. The Kier molecular flexibility index (Phi) is 6.76. The Morgan fingerprint density at radius 1 is 1.35 bits per heavy atom. The summed E-state index contributed by atoms with van der Waals surface area (Å²) in [6, 6.07) is 1.68. The van der Waals surface area contributed by atoms with Crippen LogP contribution < -0.4 is 5.32 Å². The van der Waals surface area contributed by atoms with Crippen molar-refractivity contribution in [2.24, 2.45) is 0 Å². The van der Waals surface area contributed by atoms with Gasteiger partial charge in [0.25, 0.3) is 5.91 Å². The molecular weight excluding hydrogens is 260 g/mol. The maximum Gasteiger partial charge on any atom is 0.303 e. The molecule has 0 radical (unpaired) electrons. The zero-order chi connectivity index (χ0) is 15.0. The van der Waals surface area contributed by atoms with Gasteiger partial charge in [0, 0.05) is 24.9 Å². The first-order valence-corrected chi connectivity index (χ1v) is 7.05. The number of carbonyl (C=O) groups is 2. The molecule has 1 amide bonds. The SMILES string of the molecule is CCC(CC)c1cc(C(=O)NCCCCC(=O)O)on1. The van der Waals surface area contributed by atoms with Gasteiger partial charge in [0.1, 0.15) is 0 Å². The molecule has 0 aromatic carbocycles. The molecule has 1 rings (SSSR count). The molecule has 112 valence electrons. The zero-order valence-corrected chi connectivity index (χ0v) is 12.0. The fourth-order valence-corrected chi connectivity index (χ4v) is 1.99. The molecule has 2 N–H and O–H groups in total. The Morgan fingerprint density at radius 3 is 2.65 bits per heavy atom. The van der Waals surface area contributed by atoms with Gasteiger partial charge in [-0.25, -0.2) is 0 Å². The number of hydrogen-bond acceptors (Lipinski definition) is 4. The van der Waals surface area contributed by atoms with Crippen molar-refractivity contribution in [1.29, 1.82) is 0 Å². The fourth-order valence-electron chi connectivity index (χ4n) is 1.99. The van der Waals surface area contributed by atoms with Crippen molar-refractivity contribution in [3.05, 3.63) is 17.5 Å². The molecule has 0 aliphatic rings. The third-order valence-electron chi connectivity index (χ3n) is 3.26. The summed E-state index contributed by atoms with van der Waals surface area (Å²) in [5, 5.41) is 15.1. The lowest BCUT2D eigenvalue weighted by atomic mass is 9.99. The number of aliphatic carboxylic acids is 1. The van der Waals surface area contributed by atoms with Gasteiger partial charge in [-0.05, 0) is 25.7 Å². The van der Waals surface area contributed by atoms with E-state index in [2.05, 4.69) is 24.3 Å². The van der Waals surface area contributed by atoms with Gasteiger partial charge in [0.15, 0.2) is 0 Å². The second-order valence-electron chi connectivity index (χ2n) is 4.74. The fraction of sp³-hybridized carbons (Fsp3) is 0.643. The van der Waals surface area contributed by atoms with E-state index in [0.29, 0.717) is 25.3 Å². The predicted molar refractivity (Wildman–Crippen MR) is 73.6 cm³/mol. The molecular formula is C14H22N2O4. The van der Waals surface area contributed by atoms with Crippen LogP contribution in [0.4, 0.5) is 0 Å². The number of nitrogens with zero attached hydrogens (tertiary/aromatic N) is 1. The highest BCUT2D eigenvalue weighted by atomic mass is 16.5. The highest BCUT2D eigenvalue weighted by Crippen LogP contribution is 2.22. The number of nitrogens with one attached hydrogen (secondary N) is 1. The largest absolute Gasteiger partial charge is 0.481 e. The third-order valence-corrected chi connectivity index (χ3v) is 3.26. The minimum atomic E-state index is -0.818. The van der Waals surface area contributed by atoms with Crippen LogP contribution in [0.15, 0.2) is 10.6 Å². The van der Waals surface area contributed by atoms with Crippen LogP contribution >= 0.6 is 0 Å². The second-order valence-corrected chi connectivity index (χ2v) is 4.74. The van der Waals surface area contributed by atoms with Crippen LogP contribution in [0, 0.1) is 0 Å². The molecule has 1 aromatic rings. The molecule has 6 heteroatoms. The van der Waals surface area contributed by atoms with Crippen LogP contribution in [0.2, 0.25) is 0 Å². The molecule has 1 aromatic heterocycles. The van der Waals surface area contributed by atoms with Gasteiger partial charge in [0.2, 0.25) is 5.76 Å². The molecule has 0 saturated heterocycles. The van der Waals surface area contributed by atoms with E-state index >= 15 is 0 Å². The van der Waals surface area contributed by atoms with Crippen LogP contribution in [0.25, 0.3) is 0 Å². The zero-order valence-electron chi connectivity index (χ0n) is 12.0. The lowest BCUT2D eigenvalue weighted by Gasteiger charge is -2.05. The first-order chi connectivity index (χ1) is 9.58. The summed E-state index contributed by atoms with van der Waals surface area (Å²) in [5.41, 5.74) is 0.811. The molecule has 0 saturated carbocycles. The molecule has 0 aliphatic carbocycles. The Morgan fingerprint density at radius 2 is 2.05 bits per heavy atom. The van der Waals surface area contributed by atoms with E-state index in [1.807, 2.05) is 0 Å². The second kappa shape index (κ2) is 8.35. The van der Waals surface area contributed by atoms with Gasteiger partial charge in [0.05, 0.1) is 5.69 Å². The van der Waals surface area contributed by atoms with Crippen molar-refractivity contribution in [2.45, 2.75) is 51.9 Å². The smallest absolute Gasteiger partial charge is 0.303 e. The number of unbranched alkanes of at least 4 members (excludes halogenated alkanes) is 1. The molecule has 6 nitrogen and oxygen atoms in total. The first-order valence-electron chi connectivity index (χ1n) is 7.05. The molecule has 20 heavy (non-hydrogen) atoms.